The summed E-state index contributed by atoms with van der Waals surface area (Å²) in [6.07, 6.45) is 0. The van der Waals surface area contributed by atoms with E-state index in [1.54, 1.807) is 6.07 Å². The van der Waals surface area contributed by atoms with Crippen molar-refractivity contribution in [3.63, 3.8) is 0 Å². The highest BCUT2D eigenvalue weighted by atomic mass is 19.1. The lowest BCUT2D eigenvalue weighted by Gasteiger charge is -2.17. The molecule has 1 heterocycles. The first-order valence-corrected chi connectivity index (χ1v) is 8.09. The molecule has 128 valence electrons. The average molecular weight is 338 g/mol. The van der Waals surface area contributed by atoms with Crippen LogP contribution in [0.2, 0.25) is 0 Å². The molecule has 1 N–H and O–H groups in total. The number of nitrogens with one attached hydrogen (secondary N) is 1. The van der Waals surface area contributed by atoms with Crippen molar-refractivity contribution in [3.8, 4) is 0 Å². The van der Waals surface area contributed by atoms with E-state index in [0.717, 1.165) is 10.9 Å². The van der Waals surface area contributed by atoms with Crippen LogP contribution in [0.3, 0.4) is 0 Å². The van der Waals surface area contributed by atoms with Gasteiger partial charge in [0, 0.05) is 17.1 Å². The zero-order chi connectivity index (χ0) is 18.1. The van der Waals surface area contributed by atoms with Gasteiger partial charge >= 0.3 is 0 Å². The molecule has 0 bridgehead atoms. The molecule has 1 aromatic heterocycles. The molecule has 2 aromatic carbocycles. The molecule has 5 heteroatoms. The fraction of sp³-hybridized carbons (Fsp3) is 0.200. The number of benzene rings is 2. The lowest BCUT2D eigenvalue weighted by molar-refractivity contribution is 0.101. The SMILES string of the molecule is Cc1ccc2cc(C(=O)Nc3ccc(F)cc3)n(C(C)C)c(=O)c2c1. The molecule has 25 heavy (non-hydrogen) atoms. The van der Waals surface area contributed by atoms with Crippen LogP contribution in [0.15, 0.2) is 53.3 Å². The van der Waals surface area contributed by atoms with Gasteiger partial charge in [-0.25, -0.2) is 4.39 Å². The Morgan fingerprint density at radius 2 is 1.76 bits per heavy atom. The summed E-state index contributed by atoms with van der Waals surface area (Å²) in [6.45, 7) is 5.64. The number of rotatable bonds is 3. The minimum absolute atomic E-state index is 0.175. The van der Waals surface area contributed by atoms with Crippen LogP contribution < -0.4 is 10.9 Å². The first-order chi connectivity index (χ1) is 11.9. The number of aromatic nitrogens is 1. The number of halogens is 1. The Morgan fingerprint density at radius 1 is 1.08 bits per heavy atom. The molecule has 0 fully saturated rings. The van der Waals surface area contributed by atoms with Gasteiger partial charge in [0.25, 0.3) is 11.5 Å². The number of carbonyl (C=O) groups is 1. The first-order valence-electron chi connectivity index (χ1n) is 8.09. The summed E-state index contributed by atoms with van der Waals surface area (Å²) in [6, 6.07) is 12.6. The topological polar surface area (TPSA) is 51.1 Å². The molecule has 3 aromatic rings. The summed E-state index contributed by atoms with van der Waals surface area (Å²) in [5.74, 6) is -0.780. The van der Waals surface area contributed by atoms with Crippen LogP contribution in [0.4, 0.5) is 10.1 Å². The van der Waals surface area contributed by atoms with E-state index in [1.807, 2.05) is 39.0 Å². The van der Waals surface area contributed by atoms with Crippen LogP contribution in [0.1, 0.15) is 35.9 Å². The predicted molar refractivity (Wildman–Crippen MR) is 97.7 cm³/mol. The Labute approximate surface area is 144 Å². The van der Waals surface area contributed by atoms with Gasteiger partial charge in [0.05, 0.1) is 0 Å². The van der Waals surface area contributed by atoms with Crippen molar-refractivity contribution in [2.75, 3.05) is 5.32 Å². The summed E-state index contributed by atoms with van der Waals surface area (Å²) >= 11 is 0. The van der Waals surface area contributed by atoms with Gasteiger partial charge in [0.1, 0.15) is 11.5 Å². The van der Waals surface area contributed by atoms with E-state index >= 15 is 0 Å². The maximum absolute atomic E-state index is 13.0. The molecule has 0 aliphatic heterocycles. The second-order valence-corrected chi connectivity index (χ2v) is 6.35. The Morgan fingerprint density at radius 3 is 2.40 bits per heavy atom. The number of carbonyl (C=O) groups excluding carboxylic acids is 1. The molecule has 0 saturated carbocycles. The Kier molecular flexibility index (Phi) is 4.40. The summed E-state index contributed by atoms with van der Waals surface area (Å²) in [5, 5.41) is 4.03. The van der Waals surface area contributed by atoms with Crippen molar-refractivity contribution >= 4 is 22.4 Å². The maximum Gasteiger partial charge on any atom is 0.272 e. The van der Waals surface area contributed by atoms with Crippen LogP contribution in [0.5, 0.6) is 0 Å². The molecular formula is C20H19FN2O2. The lowest BCUT2D eigenvalue weighted by atomic mass is 10.1. The predicted octanol–water partition coefficient (Wildman–Crippen LogP) is 4.28. The van der Waals surface area contributed by atoms with Gasteiger partial charge in [0.15, 0.2) is 0 Å². The van der Waals surface area contributed by atoms with Crippen LogP contribution in [-0.4, -0.2) is 10.5 Å². The fourth-order valence-electron chi connectivity index (χ4n) is 2.85. The highest BCUT2D eigenvalue weighted by Gasteiger charge is 2.18. The number of fused-ring (bicyclic) bond motifs is 1. The molecule has 0 aliphatic carbocycles. The third-order valence-electron chi connectivity index (χ3n) is 4.06. The highest BCUT2D eigenvalue weighted by Crippen LogP contribution is 2.18. The highest BCUT2D eigenvalue weighted by molar-refractivity contribution is 6.05. The van der Waals surface area contributed by atoms with Gasteiger partial charge in [-0.3, -0.25) is 9.59 Å². The van der Waals surface area contributed by atoms with Crippen LogP contribution in [-0.2, 0) is 0 Å². The number of hydrogen-bond donors (Lipinski definition) is 1. The van der Waals surface area contributed by atoms with E-state index in [9.17, 15) is 14.0 Å². The number of nitrogens with zero attached hydrogens (tertiary/aromatic N) is 1. The van der Waals surface area contributed by atoms with Crippen molar-refractivity contribution in [2.24, 2.45) is 0 Å². The van der Waals surface area contributed by atoms with E-state index in [2.05, 4.69) is 5.32 Å². The second kappa shape index (κ2) is 6.51. The van der Waals surface area contributed by atoms with E-state index in [1.165, 1.54) is 28.8 Å². The van der Waals surface area contributed by atoms with Crippen molar-refractivity contribution in [2.45, 2.75) is 26.8 Å². The van der Waals surface area contributed by atoms with E-state index in [0.29, 0.717) is 11.1 Å². The monoisotopic (exact) mass is 338 g/mol. The van der Waals surface area contributed by atoms with Gasteiger partial charge in [-0.2, -0.15) is 0 Å². The van der Waals surface area contributed by atoms with Crippen LogP contribution in [0.25, 0.3) is 10.8 Å². The third kappa shape index (κ3) is 3.31. The van der Waals surface area contributed by atoms with Crippen molar-refractivity contribution < 1.29 is 9.18 Å². The Bertz CT molecular complexity index is 1000. The molecule has 1 amide bonds. The largest absolute Gasteiger partial charge is 0.321 e. The maximum atomic E-state index is 13.0. The van der Waals surface area contributed by atoms with Crippen molar-refractivity contribution in [1.29, 1.82) is 0 Å². The number of anilines is 1. The summed E-state index contributed by atoms with van der Waals surface area (Å²) < 4.78 is 14.5. The molecule has 0 unspecified atom stereocenters. The van der Waals surface area contributed by atoms with Gasteiger partial charge in [-0.05, 0) is 62.6 Å². The van der Waals surface area contributed by atoms with Crippen molar-refractivity contribution in [3.05, 3.63) is 76.0 Å². The van der Waals surface area contributed by atoms with Gasteiger partial charge in [0.2, 0.25) is 0 Å². The zero-order valence-electron chi connectivity index (χ0n) is 14.3. The number of aryl methyl sites for hydroxylation is 1. The molecule has 0 saturated heterocycles. The normalized spacial score (nSPS) is 11.1. The molecule has 0 aliphatic rings. The van der Waals surface area contributed by atoms with Gasteiger partial charge in [-0.1, -0.05) is 17.7 Å². The standard InChI is InChI=1S/C20H19FN2O2/c1-12(2)23-18(19(24)22-16-8-6-15(21)7-9-16)11-14-5-4-13(3)10-17(14)20(23)25/h4-12H,1-3H3,(H,22,24). The van der Waals surface area contributed by atoms with E-state index < -0.39 is 5.91 Å². The quantitative estimate of drug-likeness (QED) is 0.775. The van der Waals surface area contributed by atoms with Crippen molar-refractivity contribution in [1.82, 2.24) is 4.57 Å². The van der Waals surface area contributed by atoms with Gasteiger partial charge in [-0.15, -0.1) is 0 Å². The van der Waals surface area contributed by atoms with E-state index in [-0.39, 0.29) is 23.1 Å². The zero-order valence-corrected chi connectivity index (χ0v) is 14.3. The lowest BCUT2D eigenvalue weighted by Crippen LogP contribution is -2.30. The molecule has 0 atom stereocenters. The Hall–Kier alpha value is -2.95. The van der Waals surface area contributed by atoms with Crippen LogP contribution >= 0.6 is 0 Å². The molecular weight excluding hydrogens is 319 g/mol. The van der Waals surface area contributed by atoms with Gasteiger partial charge < -0.3 is 9.88 Å². The number of hydrogen-bond acceptors (Lipinski definition) is 2. The Balaban J connectivity index is 2.12. The summed E-state index contributed by atoms with van der Waals surface area (Å²) in [4.78, 5) is 25.6. The fourth-order valence-corrected chi connectivity index (χ4v) is 2.85. The molecule has 0 radical (unpaired) electrons. The average Bonchev–Trinajstić information content (AvgIpc) is 2.57. The summed E-state index contributed by atoms with van der Waals surface area (Å²) in [5.41, 5.74) is 1.54. The number of amides is 1. The first kappa shape index (κ1) is 16.9. The summed E-state index contributed by atoms with van der Waals surface area (Å²) in [7, 11) is 0. The molecule has 0 spiro atoms. The van der Waals surface area contributed by atoms with Crippen LogP contribution in [0, 0.1) is 12.7 Å². The minimum atomic E-state index is -0.403. The minimum Gasteiger partial charge on any atom is -0.321 e. The smallest absolute Gasteiger partial charge is 0.272 e. The third-order valence-corrected chi connectivity index (χ3v) is 4.06. The van der Waals surface area contributed by atoms with E-state index in [4.69, 9.17) is 0 Å². The second-order valence-electron chi connectivity index (χ2n) is 6.35. The number of pyridine rings is 1. The molecule has 4 nitrogen and oxygen atoms in total. The molecule has 3 rings (SSSR count).